The summed E-state index contributed by atoms with van der Waals surface area (Å²) in [5.74, 6) is -2.10. The van der Waals surface area contributed by atoms with E-state index in [9.17, 15) is 4.79 Å². The summed E-state index contributed by atoms with van der Waals surface area (Å²) in [5.41, 5.74) is 0. The number of carbonyl (C=O) groups excluding carboxylic acids is 1. The van der Waals surface area contributed by atoms with Crippen LogP contribution in [0.15, 0.2) is 0 Å². The molecule has 0 aromatic carbocycles. The molecule has 1 N–H and O–H groups in total. The highest BCUT2D eigenvalue weighted by atomic mass is 16.1. The van der Waals surface area contributed by atoms with Gasteiger partial charge in [0.25, 0.3) is 0 Å². The van der Waals surface area contributed by atoms with Crippen LogP contribution in [0.3, 0.4) is 0 Å². The summed E-state index contributed by atoms with van der Waals surface area (Å²) in [6.45, 7) is 9.74. The smallest absolute Gasteiger partial charge is 0.223 e. The molecule has 0 rings (SSSR count). The van der Waals surface area contributed by atoms with Crippen molar-refractivity contribution in [1.82, 2.24) is 5.32 Å². The summed E-state index contributed by atoms with van der Waals surface area (Å²) in [7, 11) is 0. The van der Waals surface area contributed by atoms with Crippen LogP contribution in [0.5, 0.6) is 0 Å². The molecule has 0 aliphatic carbocycles. The molecule has 1 amide bonds. The van der Waals surface area contributed by atoms with Crippen molar-refractivity contribution in [2.45, 2.75) is 53.8 Å². The zero-order chi connectivity index (χ0) is 14.6. The number of nitrogens with one attached hydrogen (secondary N) is 1. The third-order valence-electron chi connectivity index (χ3n) is 2.10. The molecule has 15 heavy (non-hydrogen) atoms. The van der Waals surface area contributed by atoms with E-state index < -0.39 is 18.2 Å². The Kier molecular flexibility index (Phi) is 4.98. The SMILES string of the molecule is [2H]C([2H])(C(C)C)[C@@]([2H])(CC)C(=O)NCCC(C)C. The van der Waals surface area contributed by atoms with Crippen LogP contribution in [-0.2, 0) is 4.79 Å². The lowest BCUT2D eigenvalue weighted by molar-refractivity contribution is -0.125. The lowest BCUT2D eigenvalue weighted by Gasteiger charge is -2.17. The van der Waals surface area contributed by atoms with Gasteiger partial charge in [-0.05, 0) is 31.1 Å². The summed E-state index contributed by atoms with van der Waals surface area (Å²) in [6, 6.07) is 0. The van der Waals surface area contributed by atoms with Crippen LogP contribution >= 0.6 is 0 Å². The third kappa shape index (κ3) is 7.40. The minimum atomic E-state index is -1.83. The van der Waals surface area contributed by atoms with Gasteiger partial charge < -0.3 is 5.32 Å². The monoisotopic (exact) mass is 216 g/mol. The van der Waals surface area contributed by atoms with Crippen LogP contribution in [0.25, 0.3) is 0 Å². The summed E-state index contributed by atoms with van der Waals surface area (Å²) in [5, 5.41) is 2.70. The van der Waals surface area contributed by atoms with Gasteiger partial charge in [0.15, 0.2) is 0 Å². The Balaban J connectivity index is 4.79. The summed E-state index contributed by atoms with van der Waals surface area (Å²) < 4.78 is 24.2. The predicted octanol–water partition coefficient (Wildman–Crippen LogP) is 3.22. The Morgan fingerprint density at radius 1 is 1.33 bits per heavy atom. The minimum absolute atomic E-state index is 0.172. The van der Waals surface area contributed by atoms with E-state index in [1.807, 2.05) is 0 Å². The topological polar surface area (TPSA) is 29.1 Å². The van der Waals surface area contributed by atoms with Gasteiger partial charge in [-0.15, -0.1) is 0 Å². The molecular formula is C13H27NO. The van der Waals surface area contributed by atoms with Gasteiger partial charge in [0.2, 0.25) is 5.91 Å². The van der Waals surface area contributed by atoms with Gasteiger partial charge in [-0.3, -0.25) is 4.79 Å². The van der Waals surface area contributed by atoms with Gasteiger partial charge in [0, 0.05) is 16.6 Å². The second-order valence-corrected chi connectivity index (χ2v) is 4.57. The molecule has 1 atom stereocenters. The molecule has 0 spiro atoms. The third-order valence-corrected chi connectivity index (χ3v) is 2.10. The van der Waals surface area contributed by atoms with Crippen molar-refractivity contribution in [2.24, 2.45) is 17.7 Å². The largest absolute Gasteiger partial charge is 0.356 e. The molecular weight excluding hydrogens is 186 g/mol. The normalized spacial score (nSPS) is 19.3. The zero-order valence-corrected chi connectivity index (χ0v) is 10.7. The number of rotatable bonds is 7. The van der Waals surface area contributed by atoms with E-state index >= 15 is 0 Å². The van der Waals surface area contributed by atoms with Crippen molar-refractivity contribution < 1.29 is 8.91 Å². The minimum Gasteiger partial charge on any atom is -0.356 e. The van der Waals surface area contributed by atoms with E-state index in [4.69, 9.17) is 4.11 Å². The Bertz CT molecular complexity index is 279. The van der Waals surface area contributed by atoms with Gasteiger partial charge in [-0.25, -0.2) is 0 Å². The van der Waals surface area contributed by atoms with Gasteiger partial charge in [0.1, 0.15) is 0 Å². The molecule has 0 radical (unpaired) electrons. The average Bonchev–Trinajstić information content (AvgIpc) is 2.26. The molecule has 0 unspecified atom stereocenters. The van der Waals surface area contributed by atoms with Gasteiger partial charge in [-0.1, -0.05) is 34.6 Å². The first-order valence-electron chi connectivity index (χ1n) is 7.37. The molecule has 0 aromatic heterocycles. The first-order valence-corrected chi connectivity index (χ1v) is 5.87. The highest BCUT2D eigenvalue weighted by molar-refractivity contribution is 5.78. The van der Waals surface area contributed by atoms with Gasteiger partial charge >= 0.3 is 0 Å². The lowest BCUT2D eigenvalue weighted by Crippen LogP contribution is -2.32. The maximum absolute atomic E-state index is 12.1. The van der Waals surface area contributed by atoms with E-state index in [0.717, 1.165) is 6.42 Å². The Hall–Kier alpha value is -0.530. The van der Waals surface area contributed by atoms with Crippen molar-refractivity contribution in [2.75, 3.05) is 6.54 Å². The molecule has 0 saturated carbocycles. The maximum Gasteiger partial charge on any atom is 0.223 e. The zero-order valence-electron chi connectivity index (χ0n) is 13.7. The molecule has 2 heteroatoms. The predicted molar refractivity (Wildman–Crippen MR) is 65.7 cm³/mol. The summed E-state index contributed by atoms with van der Waals surface area (Å²) in [6.07, 6.45) is -0.814. The Morgan fingerprint density at radius 3 is 2.33 bits per heavy atom. The molecule has 0 aliphatic heterocycles. The van der Waals surface area contributed by atoms with Crippen molar-refractivity contribution in [3.8, 4) is 0 Å². The van der Waals surface area contributed by atoms with Crippen LogP contribution in [0.4, 0.5) is 0 Å². The van der Waals surface area contributed by atoms with Gasteiger partial charge in [0.05, 0.1) is 0 Å². The fourth-order valence-electron chi connectivity index (χ4n) is 1.26. The first kappa shape index (κ1) is 9.68. The number of hydrogen-bond acceptors (Lipinski definition) is 1. The second kappa shape index (κ2) is 7.72. The van der Waals surface area contributed by atoms with Crippen molar-refractivity contribution in [3.05, 3.63) is 0 Å². The summed E-state index contributed by atoms with van der Waals surface area (Å²) in [4.78, 5) is 12.1. The van der Waals surface area contributed by atoms with Crippen LogP contribution < -0.4 is 5.32 Å². The number of amides is 1. The average molecular weight is 216 g/mol. The van der Waals surface area contributed by atoms with E-state index in [1.165, 1.54) is 0 Å². The molecule has 2 nitrogen and oxygen atoms in total. The van der Waals surface area contributed by atoms with Crippen LogP contribution in [0.2, 0.25) is 0 Å². The van der Waals surface area contributed by atoms with E-state index in [2.05, 4.69) is 19.2 Å². The first-order chi connectivity index (χ1) is 8.09. The molecule has 0 aromatic rings. The van der Waals surface area contributed by atoms with Crippen molar-refractivity contribution >= 4 is 5.91 Å². The molecule has 0 saturated heterocycles. The number of carbonyl (C=O) groups is 1. The van der Waals surface area contributed by atoms with Crippen molar-refractivity contribution in [1.29, 1.82) is 0 Å². The highest BCUT2D eigenvalue weighted by Crippen LogP contribution is 2.15. The summed E-state index contributed by atoms with van der Waals surface area (Å²) >= 11 is 0. The van der Waals surface area contributed by atoms with E-state index in [1.54, 1.807) is 20.8 Å². The van der Waals surface area contributed by atoms with Crippen LogP contribution in [0.1, 0.15) is 57.9 Å². The van der Waals surface area contributed by atoms with E-state index in [-0.39, 0.29) is 12.3 Å². The maximum atomic E-state index is 12.1. The molecule has 0 bridgehead atoms. The van der Waals surface area contributed by atoms with Crippen LogP contribution in [-0.4, -0.2) is 12.5 Å². The fraction of sp³-hybridized carbons (Fsp3) is 0.923. The Morgan fingerprint density at radius 2 is 1.93 bits per heavy atom. The molecule has 0 fully saturated rings. The Labute approximate surface area is 99.0 Å². The molecule has 0 aliphatic rings. The quantitative estimate of drug-likeness (QED) is 0.695. The van der Waals surface area contributed by atoms with Crippen LogP contribution in [0, 0.1) is 17.7 Å². The molecule has 90 valence electrons. The van der Waals surface area contributed by atoms with Crippen molar-refractivity contribution in [3.63, 3.8) is 0 Å². The second-order valence-electron chi connectivity index (χ2n) is 4.57. The lowest BCUT2D eigenvalue weighted by atomic mass is 9.94. The fourth-order valence-corrected chi connectivity index (χ4v) is 1.26. The van der Waals surface area contributed by atoms with Gasteiger partial charge in [-0.2, -0.15) is 0 Å². The molecule has 0 heterocycles. The standard InChI is InChI=1S/C13H27NO/c1-6-12(9-11(4)5)13(15)14-8-7-10(2)3/h10-12H,6-9H2,1-5H3,(H,14,15)/t12-/m1/s1/i9D2,12D. The highest BCUT2D eigenvalue weighted by Gasteiger charge is 2.16. The number of hydrogen-bond donors (Lipinski definition) is 1. The van der Waals surface area contributed by atoms with E-state index in [0.29, 0.717) is 12.5 Å².